The Hall–Kier alpha value is -0.300. The van der Waals surface area contributed by atoms with Crippen molar-refractivity contribution < 1.29 is 19.1 Å². The molecular weight excluding hydrogens is 266 g/mol. The van der Waals surface area contributed by atoms with Gasteiger partial charge in [-0.3, -0.25) is 4.79 Å². The van der Waals surface area contributed by atoms with E-state index in [0.29, 0.717) is 12.6 Å². The van der Waals surface area contributed by atoms with Gasteiger partial charge in [0.1, 0.15) is 0 Å². The highest BCUT2D eigenvalue weighted by Crippen LogP contribution is 2.39. The molecule has 2 aliphatic carbocycles. The van der Waals surface area contributed by atoms with Crippen molar-refractivity contribution in [1.82, 2.24) is 5.32 Å². The second-order valence-electron chi connectivity index (χ2n) is 5.65. The summed E-state index contributed by atoms with van der Waals surface area (Å²) < 4.78 is 4.53. The number of amides is 1. The first-order valence-corrected chi connectivity index (χ1v) is 8.15. The van der Waals surface area contributed by atoms with Crippen molar-refractivity contribution in [2.75, 3.05) is 12.9 Å². The molecular formula is C13H23NO4S. The van der Waals surface area contributed by atoms with Crippen molar-refractivity contribution in [2.24, 2.45) is 17.8 Å². The maximum atomic E-state index is 12.0. The van der Waals surface area contributed by atoms with E-state index in [2.05, 4.69) is 21.6 Å². The Bertz CT molecular complexity index is 294. The molecule has 2 aliphatic rings. The number of hydrogen-bond donors (Lipinski definition) is 1. The van der Waals surface area contributed by atoms with E-state index in [1.807, 2.05) is 0 Å². The minimum absolute atomic E-state index is 0.0947. The molecule has 2 atom stereocenters. The number of carbonyl (C=O) groups excluding carboxylic acids is 1. The highest BCUT2D eigenvalue weighted by molar-refractivity contribution is 7.93. The first-order valence-electron chi connectivity index (χ1n) is 7.00. The third-order valence-electron chi connectivity index (χ3n) is 4.05. The largest absolute Gasteiger partial charge is 0.353 e. The minimum atomic E-state index is 0.0947. The Kier molecular flexibility index (Phi) is 5.94. The van der Waals surface area contributed by atoms with Crippen molar-refractivity contribution in [3.05, 3.63) is 0 Å². The van der Waals surface area contributed by atoms with E-state index in [9.17, 15) is 4.79 Å². The van der Waals surface area contributed by atoms with Gasteiger partial charge in [0.05, 0.1) is 6.61 Å². The average molecular weight is 289 g/mol. The van der Waals surface area contributed by atoms with Crippen molar-refractivity contribution in [3.8, 4) is 0 Å². The molecule has 1 unspecified atom stereocenters. The standard InChI is InChI=1S/C13H23NO4S/c1-9-3-5-11(6-4-9)14-13(15)12-7-10(12)8-16-17-18-19-2/h9-12H,3-8H2,1-2H3,(H,14,15)/t9?,10?,11?,12-/m0/s1. The van der Waals surface area contributed by atoms with Crippen LogP contribution in [0.15, 0.2) is 0 Å². The van der Waals surface area contributed by atoms with E-state index >= 15 is 0 Å². The molecule has 19 heavy (non-hydrogen) atoms. The molecule has 2 fully saturated rings. The van der Waals surface area contributed by atoms with Gasteiger partial charge in [-0.25, -0.2) is 4.89 Å². The zero-order valence-corrected chi connectivity index (χ0v) is 12.4. The lowest BCUT2D eigenvalue weighted by Crippen LogP contribution is -2.38. The summed E-state index contributed by atoms with van der Waals surface area (Å²) >= 11 is 1.08. The first kappa shape index (κ1) is 15.1. The third-order valence-corrected chi connectivity index (χ3v) is 4.24. The number of nitrogens with one attached hydrogen (secondary N) is 1. The second kappa shape index (κ2) is 7.47. The highest BCUT2D eigenvalue weighted by atomic mass is 32.2. The van der Waals surface area contributed by atoms with Crippen LogP contribution in [0.2, 0.25) is 0 Å². The van der Waals surface area contributed by atoms with Crippen molar-refractivity contribution in [2.45, 2.75) is 45.1 Å². The number of rotatable bonds is 7. The van der Waals surface area contributed by atoms with Crippen LogP contribution in [0.1, 0.15) is 39.0 Å². The van der Waals surface area contributed by atoms with E-state index in [1.54, 1.807) is 6.26 Å². The Balaban J connectivity index is 1.58. The molecule has 2 saturated carbocycles. The zero-order valence-electron chi connectivity index (χ0n) is 11.6. The van der Waals surface area contributed by atoms with Crippen LogP contribution in [0.25, 0.3) is 0 Å². The Morgan fingerprint density at radius 2 is 2.05 bits per heavy atom. The summed E-state index contributed by atoms with van der Waals surface area (Å²) in [5, 5.41) is 7.62. The summed E-state index contributed by atoms with van der Waals surface area (Å²) in [4.78, 5) is 16.9. The summed E-state index contributed by atoms with van der Waals surface area (Å²) in [6.07, 6.45) is 7.31. The van der Waals surface area contributed by atoms with Gasteiger partial charge in [0.15, 0.2) is 0 Å². The van der Waals surface area contributed by atoms with Crippen LogP contribution in [0.4, 0.5) is 0 Å². The van der Waals surface area contributed by atoms with Crippen LogP contribution in [-0.4, -0.2) is 24.8 Å². The number of hydrogen-bond acceptors (Lipinski definition) is 5. The van der Waals surface area contributed by atoms with Crippen LogP contribution in [-0.2, 0) is 19.1 Å². The fourth-order valence-corrected chi connectivity index (χ4v) is 2.72. The summed E-state index contributed by atoms with van der Waals surface area (Å²) in [6, 6.07) is 0.377. The predicted octanol–water partition coefficient (Wildman–Crippen LogP) is 2.48. The predicted molar refractivity (Wildman–Crippen MR) is 72.8 cm³/mol. The molecule has 5 nitrogen and oxygen atoms in total. The molecule has 1 N–H and O–H groups in total. The molecule has 2 rings (SSSR count). The fraction of sp³-hybridized carbons (Fsp3) is 0.923. The maximum Gasteiger partial charge on any atom is 0.223 e. The highest BCUT2D eigenvalue weighted by Gasteiger charge is 2.44. The van der Waals surface area contributed by atoms with Gasteiger partial charge in [0, 0.05) is 30.3 Å². The molecule has 0 spiro atoms. The lowest BCUT2D eigenvalue weighted by molar-refractivity contribution is -0.461. The van der Waals surface area contributed by atoms with Gasteiger partial charge in [0.2, 0.25) is 5.91 Å². The van der Waals surface area contributed by atoms with E-state index in [-0.39, 0.29) is 17.7 Å². The van der Waals surface area contributed by atoms with Crippen LogP contribution in [0, 0.1) is 17.8 Å². The van der Waals surface area contributed by atoms with Gasteiger partial charge in [-0.1, -0.05) is 12.0 Å². The van der Waals surface area contributed by atoms with Gasteiger partial charge in [0.25, 0.3) is 0 Å². The lowest BCUT2D eigenvalue weighted by atomic mass is 9.87. The Morgan fingerprint density at radius 1 is 1.32 bits per heavy atom. The molecule has 0 heterocycles. The lowest BCUT2D eigenvalue weighted by Gasteiger charge is -2.27. The van der Waals surface area contributed by atoms with E-state index in [0.717, 1.165) is 37.2 Å². The topological polar surface area (TPSA) is 56.8 Å². The molecule has 6 heteroatoms. The van der Waals surface area contributed by atoms with Crippen LogP contribution < -0.4 is 5.32 Å². The van der Waals surface area contributed by atoms with Crippen molar-refractivity contribution in [1.29, 1.82) is 0 Å². The fourth-order valence-electron chi connectivity index (χ4n) is 2.63. The van der Waals surface area contributed by atoms with Gasteiger partial charge in [-0.2, -0.15) is 0 Å². The summed E-state index contributed by atoms with van der Waals surface area (Å²) in [6.45, 7) is 2.70. The van der Waals surface area contributed by atoms with Crippen LogP contribution in [0.3, 0.4) is 0 Å². The molecule has 0 aromatic rings. The monoisotopic (exact) mass is 289 g/mol. The quantitative estimate of drug-likeness (QED) is 0.338. The molecule has 0 bridgehead atoms. The number of carbonyl (C=O) groups is 1. The zero-order chi connectivity index (χ0) is 13.7. The van der Waals surface area contributed by atoms with E-state index < -0.39 is 0 Å². The maximum absolute atomic E-state index is 12.0. The van der Waals surface area contributed by atoms with Gasteiger partial charge < -0.3 is 5.32 Å². The Labute approximate surface area is 118 Å². The Morgan fingerprint density at radius 3 is 2.74 bits per heavy atom. The van der Waals surface area contributed by atoms with E-state index in [1.165, 1.54) is 12.8 Å². The van der Waals surface area contributed by atoms with Crippen LogP contribution >= 0.6 is 12.0 Å². The molecule has 1 amide bonds. The van der Waals surface area contributed by atoms with Gasteiger partial charge in [-0.15, -0.1) is 4.33 Å². The van der Waals surface area contributed by atoms with Crippen molar-refractivity contribution in [3.63, 3.8) is 0 Å². The molecule has 0 aromatic heterocycles. The summed E-state index contributed by atoms with van der Waals surface area (Å²) in [7, 11) is 0. The average Bonchev–Trinajstić information content (AvgIpc) is 3.17. The molecule has 0 aliphatic heterocycles. The summed E-state index contributed by atoms with van der Waals surface area (Å²) in [5.41, 5.74) is 0. The van der Waals surface area contributed by atoms with Crippen LogP contribution in [0.5, 0.6) is 0 Å². The molecule has 110 valence electrons. The first-order chi connectivity index (χ1) is 9.20. The molecule has 0 aromatic carbocycles. The SMILES string of the molecule is CSOOOCC1C[C@@H]1C(=O)NC1CCC(C)CC1. The van der Waals surface area contributed by atoms with E-state index in [4.69, 9.17) is 4.89 Å². The summed E-state index contributed by atoms with van der Waals surface area (Å²) in [5.74, 6) is 1.35. The molecule has 0 saturated heterocycles. The second-order valence-corrected chi connectivity index (χ2v) is 6.12. The normalized spacial score (nSPS) is 34.0. The third kappa shape index (κ3) is 4.95. The minimum Gasteiger partial charge on any atom is -0.353 e. The van der Waals surface area contributed by atoms with Gasteiger partial charge >= 0.3 is 0 Å². The molecule has 0 radical (unpaired) electrons. The smallest absolute Gasteiger partial charge is 0.223 e. The van der Waals surface area contributed by atoms with Gasteiger partial charge in [-0.05, 0) is 43.9 Å². The van der Waals surface area contributed by atoms with Crippen molar-refractivity contribution >= 4 is 17.9 Å².